The smallest absolute Gasteiger partial charge is 0.322 e. The zero-order valence-corrected chi connectivity index (χ0v) is 20.2. The predicted octanol–water partition coefficient (Wildman–Crippen LogP) is 4.73. The highest BCUT2D eigenvalue weighted by Gasteiger charge is 2.21. The van der Waals surface area contributed by atoms with Crippen molar-refractivity contribution < 1.29 is 8.78 Å². The summed E-state index contributed by atoms with van der Waals surface area (Å²) in [5.41, 5.74) is 6.90. The molecule has 0 saturated heterocycles. The Balaban J connectivity index is 1.92. The highest BCUT2D eigenvalue weighted by molar-refractivity contribution is 7.98. The van der Waals surface area contributed by atoms with Crippen molar-refractivity contribution in [1.82, 2.24) is 9.13 Å². The highest BCUT2D eigenvalue weighted by atomic mass is 32.2. The number of hydrogen-bond acceptors (Lipinski definition) is 4. The molecule has 0 aliphatic carbocycles. The van der Waals surface area contributed by atoms with Crippen LogP contribution >= 0.6 is 11.8 Å². The second-order valence-corrected chi connectivity index (χ2v) is 9.07. The Hall–Kier alpha value is -3.49. The highest BCUT2D eigenvalue weighted by Crippen LogP contribution is 2.24. The first kappa shape index (κ1) is 24.6. The molecule has 1 heterocycles. The van der Waals surface area contributed by atoms with Crippen molar-refractivity contribution in [3.8, 4) is 11.1 Å². The van der Waals surface area contributed by atoms with Crippen molar-refractivity contribution in [2.45, 2.75) is 31.0 Å². The van der Waals surface area contributed by atoms with E-state index in [0.717, 1.165) is 27.2 Å². The van der Waals surface area contributed by atoms with Crippen molar-refractivity contribution in [2.24, 2.45) is 5.73 Å². The van der Waals surface area contributed by atoms with E-state index >= 15 is 0 Å². The summed E-state index contributed by atoms with van der Waals surface area (Å²) >= 11 is 1.56. The van der Waals surface area contributed by atoms with Crippen LogP contribution in [0.3, 0.4) is 0 Å². The van der Waals surface area contributed by atoms with E-state index in [1.54, 1.807) is 30.8 Å². The van der Waals surface area contributed by atoms with Gasteiger partial charge in [-0.25, -0.2) is 13.6 Å². The Kier molecular flexibility index (Phi) is 7.33. The van der Waals surface area contributed by atoms with Crippen molar-refractivity contribution >= 4 is 11.8 Å². The molecule has 0 spiro atoms. The van der Waals surface area contributed by atoms with Crippen molar-refractivity contribution in [3.05, 3.63) is 122 Å². The van der Waals surface area contributed by atoms with Crippen LogP contribution in [0.15, 0.2) is 87.3 Å². The summed E-state index contributed by atoms with van der Waals surface area (Å²) in [6, 6.07) is 19.4. The number of aromatic nitrogens is 2. The van der Waals surface area contributed by atoms with Crippen LogP contribution < -0.4 is 17.0 Å². The molecule has 0 radical (unpaired) electrons. The van der Waals surface area contributed by atoms with E-state index in [1.807, 2.05) is 48.7 Å². The van der Waals surface area contributed by atoms with Gasteiger partial charge in [-0.2, -0.15) is 0 Å². The Bertz CT molecular complexity index is 1440. The molecule has 0 unspecified atom stereocenters. The van der Waals surface area contributed by atoms with Gasteiger partial charge in [0.15, 0.2) is 0 Å². The minimum Gasteiger partial charge on any atom is -0.322 e. The number of benzene rings is 3. The van der Waals surface area contributed by atoms with Crippen LogP contribution in [0.5, 0.6) is 0 Å². The van der Waals surface area contributed by atoms with Gasteiger partial charge in [-0.15, -0.1) is 11.8 Å². The number of halogens is 2. The second-order valence-electron chi connectivity index (χ2n) is 8.19. The van der Waals surface area contributed by atoms with Gasteiger partial charge in [0.05, 0.1) is 18.7 Å². The summed E-state index contributed by atoms with van der Waals surface area (Å²) < 4.78 is 31.2. The maximum Gasteiger partial charge on any atom is 0.331 e. The van der Waals surface area contributed by atoms with E-state index in [4.69, 9.17) is 5.73 Å². The minimum absolute atomic E-state index is 0.0857. The minimum atomic E-state index is -0.763. The van der Waals surface area contributed by atoms with Gasteiger partial charge in [0.25, 0.3) is 5.56 Å². The van der Waals surface area contributed by atoms with Gasteiger partial charge in [-0.05, 0) is 48.6 Å². The first-order valence-electron chi connectivity index (χ1n) is 11.0. The van der Waals surface area contributed by atoms with Crippen LogP contribution in [0, 0.1) is 18.6 Å². The third-order valence-electron chi connectivity index (χ3n) is 6.05. The van der Waals surface area contributed by atoms with Crippen molar-refractivity contribution in [3.63, 3.8) is 0 Å². The van der Waals surface area contributed by atoms with E-state index in [9.17, 15) is 18.4 Å². The fraction of sp³-hybridized carbons (Fsp3) is 0.185. The SMILES string of the molecule is CSc1ccc(-c2c(C)n(Cc3c(F)cccc3F)c(=O)n(C[C@H](N)c3ccccc3)c2=O)cc1. The Morgan fingerprint density at radius 3 is 2.11 bits per heavy atom. The summed E-state index contributed by atoms with van der Waals surface area (Å²) in [6.07, 6.45) is 1.95. The molecule has 5 nitrogen and oxygen atoms in total. The molecular weight excluding hydrogens is 468 g/mol. The normalized spacial score (nSPS) is 12.0. The lowest BCUT2D eigenvalue weighted by molar-refractivity contribution is 0.493. The van der Waals surface area contributed by atoms with E-state index < -0.39 is 28.9 Å². The Morgan fingerprint density at radius 1 is 0.886 bits per heavy atom. The fourth-order valence-electron chi connectivity index (χ4n) is 4.08. The van der Waals surface area contributed by atoms with Gasteiger partial charge in [0.1, 0.15) is 11.6 Å². The molecule has 35 heavy (non-hydrogen) atoms. The lowest BCUT2D eigenvalue weighted by atomic mass is 10.0. The van der Waals surface area contributed by atoms with Gasteiger partial charge in [-0.3, -0.25) is 13.9 Å². The molecule has 1 aromatic heterocycles. The molecule has 0 aliphatic rings. The zero-order valence-electron chi connectivity index (χ0n) is 19.4. The summed E-state index contributed by atoms with van der Waals surface area (Å²) in [6.45, 7) is 1.17. The lowest BCUT2D eigenvalue weighted by Crippen LogP contribution is -2.44. The number of rotatable bonds is 7. The summed E-state index contributed by atoms with van der Waals surface area (Å²) in [4.78, 5) is 28.1. The topological polar surface area (TPSA) is 70.0 Å². The number of nitrogens with two attached hydrogens (primary N) is 1. The zero-order chi connectivity index (χ0) is 25.1. The third kappa shape index (κ3) is 4.99. The Morgan fingerprint density at radius 2 is 1.51 bits per heavy atom. The molecule has 0 aliphatic heterocycles. The quantitative estimate of drug-likeness (QED) is 0.378. The van der Waals surface area contributed by atoms with Crippen LogP contribution in [-0.2, 0) is 13.1 Å². The molecule has 1 atom stereocenters. The van der Waals surface area contributed by atoms with Crippen LogP contribution in [0.4, 0.5) is 8.78 Å². The number of hydrogen-bond donors (Lipinski definition) is 1. The maximum absolute atomic E-state index is 14.5. The molecule has 180 valence electrons. The lowest BCUT2D eigenvalue weighted by Gasteiger charge is -2.20. The summed E-state index contributed by atoms with van der Waals surface area (Å²) in [7, 11) is 0. The summed E-state index contributed by atoms with van der Waals surface area (Å²) in [5.74, 6) is -1.53. The van der Waals surface area contributed by atoms with E-state index in [-0.39, 0.29) is 24.2 Å². The van der Waals surface area contributed by atoms with Crippen molar-refractivity contribution in [2.75, 3.05) is 6.26 Å². The first-order chi connectivity index (χ1) is 16.8. The van der Waals surface area contributed by atoms with E-state index in [1.165, 1.54) is 10.6 Å². The van der Waals surface area contributed by atoms with Crippen molar-refractivity contribution in [1.29, 1.82) is 0 Å². The molecular formula is C27H25F2N3O2S. The maximum atomic E-state index is 14.5. The van der Waals surface area contributed by atoms with Gasteiger partial charge < -0.3 is 5.73 Å². The Labute approximate surface area is 205 Å². The average Bonchev–Trinajstić information content (AvgIpc) is 2.87. The summed E-state index contributed by atoms with van der Waals surface area (Å²) in [5, 5.41) is 0. The van der Waals surface area contributed by atoms with Gasteiger partial charge in [0.2, 0.25) is 0 Å². The molecule has 4 rings (SSSR count). The molecule has 4 aromatic rings. The number of nitrogens with zero attached hydrogens (tertiary/aromatic N) is 2. The molecule has 0 saturated carbocycles. The fourth-order valence-corrected chi connectivity index (χ4v) is 4.49. The monoisotopic (exact) mass is 493 g/mol. The largest absolute Gasteiger partial charge is 0.331 e. The molecule has 3 aromatic carbocycles. The van der Waals surface area contributed by atoms with E-state index in [0.29, 0.717) is 11.3 Å². The van der Waals surface area contributed by atoms with Crippen LogP contribution in [0.25, 0.3) is 11.1 Å². The average molecular weight is 494 g/mol. The van der Waals surface area contributed by atoms with Crippen LogP contribution in [0.2, 0.25) is 0 Å². The molecule has 2 N–H and O–H groups in total. The van der Waals surface area contributed by atoms with Gasteiger partial charge in [-0.1, -0.05) is 48.5 Å². The molecule has 8 heteroatoms. The van der Waals surface area contributed by atoms with Crippen LogP contribution in [-0.4, -0.2) is 15.4 Å². The standard InChI is InChI=1S/C27H25F2N3O2S/c1-17-25(19-11-13-20(35-2)14-12-19)26(33)32(16-24(30)18-7-4-3-5-8-18)27(34)31(17)15-21-22(28)9-6-10-23(21)29/h3-14,24H,15-16,30H2,1-2H3/t24-/m0/s1. The predicted molar refractivity (Wildman–Crippen MR) is 136 cm³/mol. The molecule has 0 amide bonds. The van der Waals surface area contributed by atoms with E-state index in [2.05, 4.69) is 0 Å². The second kappa shape index (κ2) is 10.4. The van der Waals surface area contributed by atoms with Crippen LogP contribution in [0.1, 0.15) is 22.9 Å². The van der Waals surface area contributed by atoms with Gasteiger partial charge >= 0.3 is 5.69 Å². The number of thioether (sulfide) groups is 1. The molecule has 0 bridgehead atoms. The molecule has 0 fully saturated rings. The van der Waals surface area contributed by atoms with Gasteiger partial charge in [0, 0.05) is 22.2 Å². The first-order valence-corrected chi connectivity index (χ1v) is 12.3. The third-order valence-corrected chi connectivity index (χ3v) is 6.79.